The molecule has 0 saturated carbocycles. The summed E-state index contributed by atoms with van der Waals surface area (Å²) in [5, 5.41) is 17.2. The van der Waals surface area contributed by atoms with Crippen LogP contribution in [-0.4, -0.2) is 53.2 Å². The Morgan fingerprint density at radius 1 is 1.03 bits per heavy atom. The van der Waals surface area contributed by atoms with Crippen LogP contribution in [0.15, 0.2) is 42.6 Å². The smallest absolute Gasteiger partial charge is 0.409 e. The maximum Gasteiger partial charge on any atom is 0.409 e. The zero-order chi connectivity index (χ0) is 20.5. The maximum atomic E-state index is 12.4. The van der Waals surface area contributed by atoms with Crippen molar-refractivity contribution in [2.45, 2.75) is 25.8 Å². The van der Waals surface area contributed by atoms with Gasteiger partial charge in [-0.25, -0.2) is 4.79 Å². The number of para-hydroxylation sites is 2. The number of rotatable bonds is 9. The van der Waals surface area contributed by atoms with Crippen LogP contribution in [0.4, 0.5) is 16.2 Å². The van der Waals surface area contributed by atoms with Crippen LogP contribution in [0.2, 0.25) is 0 Å². The molecule has 0 radical (unpaired) electrons. The first kappa shape index (κ1) is 20.8. The lowest BCUT2D eigenvalue weighted by atomic mass is 10.2. The Morgan fingerprint density at radius 2 is 1.76 bits per heavy atom. The molecule has 2 amide bonds. The van der Waals surface area contributed by atoms with E-state index in [4.69, 9.17) is 5.11 Å². The van der Waals surface area contributed by atoms with Gasteiger partial charge in [0.2, 0.25) is 0 Å². The molecule has 0 bridgehead atoms. The van der Waals surface area contributed by atoms with Gasteiger partial charge in [0, 0.05) is 12.7 Å². The molecule has 154 valence electrons. The average molecular weight is 397 g/mol. The Hall–Kier alpha value is -2.97. The van der Waals surface area contributed by atoms with Crippen molar-refractivity contribution in [1.82, 2.24) is 15.2 Å². The molecule has 0 unspecified atom stereocenters. The second-order valence-electron chi connectivity index (χ2n) is 7.06. The normalized spacial score (nSPS) is 13.9. The quantitative estimate of drug-likeness (QED) is 0.485. The number of carbonyl (C=O) groups is 2. The summed E-state index contributed by atoms with van der Waals surface area (Å²) in [5.41, 5.74) is 1.97. The summed E-state index contributed by atoms with van der Waals surface area (Å²) in [4.78, 5) is 30.0. The van der Waals surface area contributed by atoms with E-state index < -0.39 is 12.0 Å². The number of likely N-dealkylation sites (tertiary alicyclic amines) is 1. The third-order valence-corrected chi connectivity index (χ3v) is 4.83. The number of hydrogen-bond acceptors (Lipinski definition) is 5. The van der Waals surface area contributed by atoms with E-state index in [1.54, 1.807) is 36.5 Å². The molecule has 8 nitrogen and oxygen atoms in total. The molecule has 1 aliphatic heterocycles. The van der Waals surface area contributed by atoms with Crippen molar-refractivity contribution < 1.29 is 14.7 Å². The van der Waals surface area contributed by atoms with Crippen LogP contribution in [0, 0.1) is 0 Å². The first-order chi connectivity index (χ1) is 14.1. The number of pyridine rings is 1. The predicted molar refractivity (Wildman–Crippen MR) is 112 cm³/mol. The maximum absolute atomic E-state index is 12.4. The van der Waals surface area contributed by atoms with Crippen molar-refractivity contribution in [3.8, 4) is 0 Å². The van der Waals surface area contributed by atoms with Gasteiger partial charge in [0.25, 0.3) is 5.91 Å². The minimum atomic E-state index is -1.19. The molecular formula is C21H27N5O3. The van der Waals surface area contributed by atoms with Crippen LogP contribution < -0.4 is 16.0 Å². The molecule has 0 spiro atoms. The van der Waals surface area contributed by atoms with E-state index in [1.807, 2.05) is 6.07 Å². The summed E-state index contributed by atoms with van der Waals surface area (Å²) in [6.07, 6.45) is 4.25. The number of nitrogens with zero attached hydrogens (tertiary/aromatic N) is 2. The SMILES string of the molecule is O=C(O)Nc1ccccc1NC(=O)c1ccc(CNCCCN2CCCC2)cn1. The lowest BCUT2D eigenvalue weighted by Gasteiger charge is -2.14. The van der Waals surface area contributed by atoms with Crippen LogP contribution in [0.5, 0.6) is 0 Å². The molecule has 1 aliphatic rings. The highest BCUT2D eigenvalue weighted by Crippen LogP contribution is 2.21. The monoisotopic (exact) mass is 397 g/mol. The lowest BCUT2D eigenvalue weighted by molar-refractivity contribution is 0.102. The Bertz CT molecular complexity index is 819. The summed E-state index contributed by atoms with van der Waals surface area (Å²) in [5.74, 6) is -0.394. The predicted octanol–water partition coefficient (Wildman–Crippen LogP) is 3.00. The summed E-state index contributed by atoms with van der Waals surface area (Å²) in [7, 11) is 0. The van der Waals surface area contributed by atoms with E-state index >= 15 is 0 Å². The third kappa shape index (κ3) is 6.55. The van der Waals surface area contributed by atoms with Crippen molar-refractivity contribution in [2.75, 3.05) is 36.8 Å². The highest BCUT2D eigenvalue weighted by Gasteiger charge is 2.12. The van der Waals surface area contributed by atoms with Crippen molar-refractivity contribution in [3.63, 3.8) is 0 Å². The number of nitrogens with one attached hydrogen (secondary N) is 3. The van der Waals surface area contributed by atoms with E-state index in [9.17, 15) is 9.59 Å². The molecule has 2 aromatic rings. The zero-order valence-electron chi connectivity index (χ0n) is 16.4. The van der Waals surface area contributed by atoms with Gasteiger partial charge in [-0.2, -0.15) is 0 Å². The highest BCUT2D eigenvalue weighted by atomic mass is 16.4. The molecule has 2 heterocycles. The first-order valence-corrected chi connectivity index (χ1v) is 9.90. The second kappa shape index (κ2) is 10.5. The van der Waals surface area contributed by atoms with E-state index in [-0.39, 0.29) is 5.69 Å². The number of anilines is 2. The number of benzene rings is 1. The minimum Gasteiger partial charge on any atom is -0.465 e. The molecule has 1 fully saturated rings. The fourth-order valence-corrected chi connectivity index (χ4v) is 3.33. The largest absolute Gasteiger partial charge is 0.465 e. The molecule has 1 saturated heterocycles. The topological polar surface area (TPSA) is 107 Å². The Balaban J connectivity index is 1.45. The fourth-order valence-electron chi connectivity index (χ4n) is 3.33. The number of hydrogen-bond donors (Lipinski definition) is 4. The van der Waals surface area contributed by atoms with Gasteiger partial charge in [-0.05, 0) is 69.2 Å². The fraction of sp³-hybridized carbons (Fsp3) is 0.381. The molecule has 1 aromatic carbocycles. The standard InChI is InChI=1S/C21H27N5O3/c27-20(24-17-6-1-2-7-18(17)25-21(28)29)19-9-8-16(15-23-19)14-22-10-5-13-26-11-3-4-12-26/h1-2,6-9,15,22,25H,3-5,10-14H2,(H,24,27)(H,28,29). The van der Waals surface area contributed by atoms with Gasteiger partial charge in [0.1, 0.15) is 5.69 Å². The second-order valence-corrected chi connectivity index (χ2v) is 7.06. The van der Waals surface area contributed by atoms with Crippen LogP contribution >= 0.6 is 0 Å². The van der Waals surface area contributed by atoms with Crippen LogP contribution in [0.25, 0.3) is 0 Å². The number of amides is 2. The number of carbonyl (C=O) groups excluding carboxylic acids is 1. The van der Waals surface area contributed by atoms with E-state index in [1.165, 1.54) is 25.9 Å². The highest BCUT2D eigenvalue weighted by molar-refractivity contribution is 6.05. The Morgan fingerprint density at radius 3 is 2.41 bits per heavy atom. The zero-order valence-corrected chi connectivity index (χ0v) is 16.4. The molecule has 8 heteroatoms. The molecule has 4 N–H and O–H groups in total. The van der Waals surface area contributed by atoms with E-state index in [0.29, 0.717) is 17.9 Å². The molecular weight excluding hydrogens is 370 g/mol. The van der Waals surface area contributed by atoms with Gasteiger partial charge in [0.05, 0.1) is 11.4 Å². The van der Waals surface area contributed by atoms with Crippen molar-refractivity contribution >= 4 is 23.4 Å². The minimum absolute atomic E-state index is 0.271. The average Bonchev–Trinajstić information content (AvgIpc) is 3.23. The molecule has 3 rings (SSSR count). The van der Waals surface area contributed by atoms with Gasteiger partial charge in [-0.3, -0.25) is 15.1 Å². The van der Waals surface area contributed by atoms with Crippen molar-refractivity contribution in [3.05, 3.63) is 53.9 Å². The molecule has 0 atom stereocenters. The molecule has 0 aliphatic carbocycles. The Kier molecular flexibility index (Phi) is 7.54. The summed E-state index contributed by atoms with van der Waals surface area (Å²) in [6, 6.07) is 10.2. The molecule has 29 heavy (non-hydrogen) atoms. The lowest BCUT2D eigenvalue weighted by Crippen LogP contribution is -2.24. The Labute approximate surface area is 170 Å². The van der Waals surface area contributed by atoms with Gasteiger partial charge in [-0.1, -0.05) is 18.2 Å². The summed E-state index contributed by atoms with van der Waals surface area (Å²) >= 11 is 0. The van der Waals surface area contributed by atoms with Crippen molar-refractivity contribution in [2.24, 2.45) is 0 Å². The molecule has 1 aromatic heterocycles. The van der Waals surface area contributed by atoms with Crippen molar-refractivity contribution in [1.29, 1.82) is 0 Å². The number of carboxylic acid groups (broad SMARTS) is 1. The summed E-state index contributed by atoms with van der Waals surface area (Å²) in [6.45, 7) is 5.25. The number of aromatic nitrogens is 1. The third-order valence-electron chi connectivity index (χ3n) is 4.83. The van der Waals surface area contributed by atoms with Gasteiger partial charge in [-0.15, -0.1) is 0 Å². The summed E-state index contributed by atoms with van der Waals surface area (Å²) < 4.78 is 0. The van der Waals surface area contributed by atoms with Crippen LogP contribution in [0.1, 0.15) is 35.3 Å². The van der Waals surface area contributed by atoms with E-state index in [2.05, 4.69) is 25.8 Å². The van der Waals surface area contributed by atoms with Gasteiger partial charge >= 0.3 is 6.09 Å². The van der Waals surface area contributed by atoms with Gasteiger partial charge in [0.15, 0.2) is 0 Å². The van der Waals surface area contributed by atoms with Crippen LogP contribution in [-0.2, 0) is 6.54 Å². The van der Waals surface area contributed by atoms with Crippen LogP contribution in [0.3, 0.4) is 0 Å². The van der Waals surface area contributed by atoms with Gasteiger partial charge < -0.3 is 20.6 Å². The first-order valence-electron chi connectivity index (χ1n) is 9.90. The van der Waals surface area contributed by atoms with E-state index in [0.717, 1.165) is 25.1 Å².